The van der Waals surface area contributed by atoms with Gasteiger partial charge in [0.25, 0.3) is 0 Å². The van der Waals surface area contributed by atoms with Crippen LogP contribution in [-0.4, -0.2) is 16.6 Å². The molecule has 7 heteroatoms. The van der Waals surface area contributed by atoms with E-state index in [1.807, 2.05) is 0 Å². The molecule has 0 amide bonds. The molecule has 1 heterocycles. The minimum atomic E-state index is -4.87. The van der Waals surface area contributed by atoms with Gasteiger partial charge < -0.3 is 19.4 Å². The fraction of sp³-hybridized carbons (Fsp3) is 0.0909. The average molecular weight is 400 g/mol. The maximum atomic E-state index is 13.0. The Morgan fingerprint density at radius 2 is 1.59 bits per heavy atom. The molecule has 4 aromatic rings. The van der Waals surface area contributed by atoms with Crippen molar-refractivity contribution in [1.29, 1.82) is 0 Å². The molecule has 0 unspecified atom stereocenters. The molecule has 4 nitrogen and oxygen atoms in total. The van der Waals surface area contributed by atoms with Gasteiger partial charge in [0.05, 0.1) is 0 Å². The molecule has 4 rings (SSSR count). The number of hydrogen-bond donors (Lipinski definition) is 2. The molecular formula is C22H15F3O4. The number of para-hydroxylation sites is 1. The monoisotopic (exact) mass is 400 g/mol. The maximum absolute atomic E-state index is 13.0. The van der Waals surface area contributed by atoms with Crippen LogP contribution in [0.3, 0.4) is 0 Å². The Balaban J connectivity index is 2.06. The summed E-state index contributed by atoms with van der Waals surface area (Å²) in [7, 11) is 0. The van der Waals surface area contributed by atoms with Crippen molar-refractivity contribution in [2.75, 3.05) is 0 Å². The molecule has 0 saturated carbocycles. The first kappa shape index (κ1) is 18.7. The predicted molar refractivity (Wildman–Crippen MR) is 102 cm³/mol. The van der Waals surface area contributed by atoms with Gasteiger partial charge in [0.2, 0.25) is 0 Å². The molecule has 0 saturated heterocycles. The van der Waals surface area contributed by atoms with E-state index in [2.05, 4.69) is 4.74 Å². The van der Waals surface area contributed by atoms with Crippen LogP contribution in [0.2, 0.25) is 0 Å². The van der Waals surface area contributed by atoms with Crippen molar-refractivity contribution in [1.82, 2.24) is 0 Å². The average Bonchev–Trinajstić information content (AvgIpc) is 3.01. The van der Waals surface area contributed by atoms with Crippen LogP contribution < -0.4 is 4.74 Å². The highest BCUT2D eigenvalue weighted by Gasteiger charge is 2.33. The first-order valence-electron chi connectivity index (χ1n) is 8.63. The number of phenolic OH excluding ortho intramolecular Hbond substituents is 2. The van der Waals surface area contributed by atoms with Gasteiger partial charge in [-0.3, -0.25) is 0 Å². The molecule has 0 aliphatic heterocycles. The SMILES string of the molecule is Cc1cc(O)cc2c(-c3ccccc3OC(F)(F)F)c(-c3ccc(O)cc3)oc12. The number of hydrogen-bond acceptors (Lipinski definition) is 4. The number of phenols is 2. The van der Waals surface area contributed by atoms with Crippen molar-refractivity contribution in [3.63, 3.8) is 0 Å². The van der Waals surface area contributed by atoms with Gasteiger partial charge in [0.1, 0.15) is 28.6 Å². The van der Waals surface area contributed by atoms with Crippen molar-refractivity contribution >= 4 is 11.0 Å². The highest BCUT2D eigenvalue weighted by molar-refractivity contribution is 6.04. The van der Waals surface area contributed by atoms with Gasteiger partial charge in [-0.2, -0.15) is 0 Å². The Labute approximate surface area is 163 Å². The van der Waals surface area contributed by atoms with Gasteiger partial charge in [-0.25, -0.2) is 0 Å². The van der Waals surface area contributed by atoms with Crippen LogP contribution in [0.25, 0.3) is 33.4 Å². The molecule has 0 fully saturated rings. The lowest BCUT2D eigenvalue weighted by Crippen LogP contribution is -2.17. The molecule has 0 radical (unpaired) electrons. The highest BCUT2D eigenvalue weighted by atomic mass is 19.4. The van der Waals surface area contributed by atoms with E-state index >= 15 is 0 Å². The summed E-state index contributed by atoms with van der Waals surface area (Å²) >= 11 is 0. The van der Waals surface area contributed by atoms with Gasteiger partial charge in [-0.15, -0.1) is 13.2 Å². The second kappa shape index (κ2) is 6.77. The fourth-order valence-electron chi connectivity index (χ4n) is 3.32. The van der Waals surface area contributed by atoms with Crippen molar-refractivity contribution in [2.24, 2.45) is 0 Å². The third-order valence-corrected chi connectivity index (χ3v) is 4.47. The van der Waals surface area contributed by atoms with Crippen LogP contribution >= 0.6 is 0 Å². The molecule has 29 heavy (non-hydrogen) atoms. The van der Waals surface area contributed by atoms with Crippen LogP contribution in [0, 0.1) is 6.92 Å². The summed E-state index contributed by atoms with van der Waals surface area (Å²) in [5.74, 6) is -0.0831. The molecule has 2 N–H and O–H groups in total. The summed E-state index contributed by atoms with van der Waals surface area (Å²) in [6, 6.07) is 14.8. The molecule has 3 aromatic carbocycles. The Hall–Kier alpha value is -3.61. The van der Waals surface area contributed by atoms with Crippen molar-refractivity contribution in [3.05, 3.63) is 66.2 Å². The highest BCUT2D eigenvalue weighted by Crippen LogP contribution is 2.46. The van der Waals surface area contributed by atoms with Crippen LogP contribution in [0.1, 0.15) is 5.56 Å². The van der Waals surface area contributed by atoms with Crippen molar-refractivity contribution in [2.45, 2.75) is 13.3 Å². The first-order chi connectivity index (χ1) is 13.7. The normalized spacial score (nSPS) is 11.7. The number of benzene rings is 3. The zero-order chi connectivity index (χ0) is 20.8. The second-order valence-corrected chi connectivity index (χ2v) is 6.54. The van der Waals surface area contributed by atoms with Gasteiger partial charge in [0, 0.05) is 22.1 Å². The van der Waals surface area contributed by atoms with Gasteiger partial charge in [-0.05, 0) is 55.0 Å². The lowest BCUT2D eigenvalue weighted by Gasteiger charge is -2.13. The van der Waals surface area contributed by atoms with E-state index in [1.165, 1.54) is 42.5 Å². The van der Waals surface area contributed by atoms with E-state index < -0.39 is 6.36 Å². The van der Waals surface area contributed by atoms with E-state index in [0.29, 0.717) is 33.4 Å². The minimum absolute atomic E-state index is 0.0384. The van der Waals surface area contributed by atoms with Crippen LogP contribution in [0.5, 0.6) is 17.2 Å². The number of aromatic hydroxyl groups is 2. The van der Waals surface area contributed by atoms with Crippen LogP contribution in [0.4, 0.5) is 13.2 Å². The molecule has 0 bridgehead atoms. The first-order valence-corrected chi connectivity index (χ1v) is 8.63. The number of furan rings is 1. The molecule has 0 aliphatic rings. The second-order valence-electron chi connectivity index (χ2n) is 6.54. The quantitative estimate of drug-likeness (QED) is 0.419. The summed E-state index contributed by atoms with van der Waals surface area (Å²) < 4.78 is 49.1. The fourth-order valence-corrected chi connectivity index (χ4v) is 3.32. The summed E-state index contributed by atoms with van der Waals surface area (Å²) in [4.78, 5) is 0. The predicted octanol–water partition coefficient (Wildman–Crippen LogP) is 6.39. The van der Waals surface area contributed by atoms with E-state index in [-0.39, 0.29) is 22.8 Å². The number of alkyl halides is 3. The summed E-state index contributed by atoms with van der Waals surface area (Å²) in [5, 5.41) is 20.1. The molecule has 1 aromatic heterocycles. The lowest BCUT2D eigenvalue weighted by molar-refractivity contribution is -0.274. The molecule has 148 valence electrons. The standard InChI is InChI=1S/C22H15F3O4/c1-12-10-15(27)11-17-19(16-4-2-3-5-18(16)29-22(23,24)25)21(28-20(12)17)13-6-8-14(26)9-7-13/h2-11,26-27H,1H3. The van der Waals surface area contributed by atoms with Gasteiger partial charge >= 0.3 is 6.36 Å². The van der Waals surface area contributed by atoms with E-state index in [0.717, 1.165) is 0 Å². The number of ether oxygens (including phenoxy) is 1. The van der Waals surface area contributed by atoms with Crippen molar-refractivity contribution < 1.29 is 32.5 Å². The summed E-state index contributed by atoms with van der Waals surface area (Å²) in [5.41, 5.74) is 2.12. The number of rotatable bonds is 3. The van der Waals surface area contributed by atoms with Crippen LogP contribution in [0.15, 0.2) is 65.1 Å². The Morgan fingerprint density at radius 1 is 0.897 bits per heavy atom. The van der Waals surface area contributed by atoms with Crippen LogP contribution in [-0.2, 0) is 0 Å². The summed E-state index contributed by atoms with van der Waals surface area (Å²) in [6.07, 6.45) is -4.87. The Morgan fingerprint density at radius 3 is 2.28 bits per heavy atom. The topological polar surface area (TPSA) is 62.8 Å². The van der Waals surface area contributed by atoms with E-state index in [1.54, 1.807) is 25.1 Å². The number of fused-ring (bicyclic) bond motifs is 1. The third kappa shape index (κ3) is 3.59. The van der Waals surface area contributed by atoms with Gasteiger partial charge in [-0.1, -0.05) is 18.2 Å². The van der Waals surface area contributed by atoms with Gasteiger partial charge in [0.15, 0.2) is 0 Å². The third-order valence-electron chi connectivity index (χ3n) is 4.47. The van der Waals surface area contributed by atoms with E-state index in [9.17, 15) is 23.4 Å². The molecule has 0 atom stereocenters. The smallest absolute Gasteiger partial charge is 0.508 e. The minimum Gasteiger partial charge on any atom is -0.508 e. The maximum Gasteiger partial charge on any atom is 0.573 e. The molecule has 0 aliphatic carbocycles. The Bertz CT molecular complexity index is 1190. The lowest BCUT2D eigenvalue weighted by atomic mass is 9.97. The Kier molecular flexibility index (Phi) is 4.38. The largest absolute Gasteiger partial charge is 0.573 e. The number of halogens is 3. The summed E-state index contributed by atoms with van der Waals surface area (Å²) in [6.45, 7) is 1.73. The number of aryl methyl sites for hydroxylation is 1. The zero-order valence-corrected chi connectivity index (χ0v) is 15.1. The zero-order valence-electron chi connectivity index (χ0n) is 15.1. The van der Waals surface area contributed by atoms with E-state index in [4.69, 9.17) is 4.42 Å². The molecular weight excluding hydrogens is 385 g/mol. The van der Waals surface area contributed by atoms with Crippen molar-refractivity contribution in [3.8, 4) is 39.7 Å². The molecule has 0 spiro atoms.